The van der Waals surface area contributed by atoms with Crippen molar-refractivity contribution in [1.82, 2.24) is 19.9 Å². The number of fused-ring (bicyclic) bond motifs is 5. The maximum atomic E-state index is 12.9. The molecule has 0 aromatic carbocycles. The summed E-state index contributed by atoms with van der Waals surface area (Å²) in [5.74, 6) is 1.32. The minimum Gasteiger partial charge on any atom is -0.463 e. The van der Waals surface area contributed by atoms with Gasteiger partial charge >= 0.3 is 0 Å². The quantitative estimate of drug-likeness (QED) is 0.169. The first-order valence-electron chi connectivity index (χ1n) is 12.2. The van der Waals surface area contributed by atoms with Gasteiger partial charge in [0.05, 0.1) is 34.4 Å². The van der Waals surface area contributed by atoms with E-state index in [0.29, 0.717) is 17.5 Å². The van der Waals surface area contributed by atoms with Crippen molar-refractivity contribution in [3.63, 3.8) is 0 Å². The zero-order valence-corrected chi connectivity index (χ0v) is 23.1. The first kappa shape index (κ1) is 24.2. The van der Waals surface area contributed by atoms with Crippen molar-refractivity contribution in [3.8, 4) is 11.5 Å². The number of amides is 1. The molecule has 1 saturated heterocycles. The van der Waals surface area contributed by atoms with Crippen LogP contribution in [0, 0.1) is 0 Å². The van der Waals surface area contributed by atoms with Crippen molar-refractivity contribution < 1.29 is 13.9 Å². The van der Waals surface area contributed by atoms with E-state index in [9.17, 15) is 4.79 Å². The molecule has 4 aromatic heterocycles. The van der Waals surface area contributed by atoms with Gasteiger partial charge in [-0.15, -0.1) is 11.3 Å². The van der Waals surface area contributed by atoms with E-state index in [0.717, 1.165) is 74.8 Å². The average Bonchev–Trinajstić information content (AvgIpc) is 3.54. The molecule has 0 bridgehead atoms. The second-order valence-corrected chi connectivity index (χ2v) is 12.6. The number of thioether (sulfide) groups is 2. The highest BCUT2D eigenvalue weighted by Gasteiger charge is 2.33. The maximum Gasteiger partial charge on any atom is 0.232 e. The van der Waals surface area contributed by atoms with Gasteiger partial charge in [-0.1, -0.05) is 23.5 Å². The fourth-order valence-corrected chi connectivity index (χ4v) is 7.58. The molecule has 4 aromatic rings. The lowest BCUT2D eigenvalue weighted by molar-refractivity contribution is -0.129. The summed E-state index contributed by atoms with van der Waals surface area (Å²) in [6, 6.07) is 3.83. The van der Waals surface area contributed by atoms with Crippen molar-refractivity contribution in [3.05, 3.63) is 29.5 Å². The van der Waals surface area contributed by atoms with Gasteiger partial charge in [-0.25, -0.2) is 15.0 Å². The number of nitrogens with zero attached hydrogens (tertiary/aromatic N) is 4. The van der Waals surface area contributed by atoms with Crippen LogP contribution in [0.1, 0.15) is 44.2 Å². The van der Waals surface area contributed by atoms with Crippen LogP contribution in [-0.2, 0) is 22.6 Å². The Kier molecular flexibility index (Phi) is 6.47. The molecule has 0 N–H and O–H groups in total. The van der Waals surface area contributed by atoms with E-state index in [-0.39, 0.29) is 11.5 Å². The summed E-state index contributed by atoms with van der Waals surface area (Å²) >= 11 is 4.65. The Bertz CT molecular complexity index is 1440. The van der Waals surface area contributed by atoms with Crippen LogP contribution in [0.25, 0.3) is 31.9 Å². The molecule has 6 heterocycles. The Balaban J connectivity index is 1.49. The van der Waals surface area contributed by atoms with Gasteiger partial charge in [-0.05, 0) is 57.1 Å². The number of thiophene rings is 1. The third-order valence-corrected chi connectivity index (χ3v) is 9.53. The van der Waals surface area contributed by atoms with E-state index in [1.807, 2.05) is 23.3 Å². The third-order valence-electron chi connectivity index (χ3n) is 6.82. The molecule has 188 valence electrons. The lowest BCUT2D eigenvalue weighted by atomic mass is 9.89. The fraction of sp³-hybridized carbons (Fsp3) is 0.462. The minimum absolute atomic E-state index is 0.188. The molecule has 1 amide bonds. The second-order valence-electron chi connectivity index (χ2n) is 9.83. The van der Waals surface area contributed by atoms with E-state index in [1.165, 1.54) is 35.5 Å². The highest BCUT2D eigenvalue weighted by molar-refractivity contribution is 8.00. The molecule has 10 heteroatoms. The van der Waals surface area contributed by atoms with Crippen LogP contribution in [0.5, 0.6) is 0 Å². The van der Waals surface area contributed by atoms with E-state index >= 15 is 0 Å². The number of rotatable bonds is 5. The molecule has 0 aliphatic carbocycles. The van der Waals surface area contributed by atoms with E-state index in [2.05, 4.69) is 13.8 Å². The van der Waals surface area contributed by atoms with Crippen LogP contribution in [0.4, 0.5) is 0 Å². The maximum absolute atomic E-state index is 12.9. The van der Waals surface area contributed by atoms with Crippen LogP contribution in [-0.4, -0.2) is 56.5 Å². The molecule has 1 fully saturated rings. The van der Waals surface area contributed by atoms with E-state index < -0.39 is 0 Å². The number of carbonyl (C=O) groups is 1. The van der Waals surface area contributed by atoms with Crippen molar-refractivity contribution in [2.75, 3.05) is 25.1 Å². The first-order chi connectivity index (χ1) is 17.4. The fourth-order valence-electron chi connectivity index (χ4n) is 5.00. The topological polar surface area (TPSA) is 81.4 Å². The molecule has 2 aliphatic rings. The van der Waals surface area contributed by atoms with Crippen molar-refractivity contribution >= 4 is 61.2 Å². The highest BCUT2D eigenvalue weighted by Crippen LogP contribution is 2.45. The van der Waals surface area contributed by atoms with Gasteiger partial charge in [-0.2, -0.15) is 0 Å². The number of carbonyl (C=O) groups excluding carboxylic acids is 1. The largest absolute Gasteiger partial charge is 0.463 e. The molecular weight excluding hydrogens is 513 g/mol. The summed E-state index contributed by atoms with van der Waals surface area (Å²) in [5, 5.41) is 2.65. The Hall–Kier alpha value is -2.14. The first-order valence-corrected chi connectivity index (χ1v) is 15.2. The monoisotopic (exact) mass is 540 g/mol. The zero-order chi connectivity index (χ0) is 24.9. The van der Waals surface area contributed by atoms with Crippen molar-refractivity contribution in [2.24, 2.45) is 0 Å². The number of hydrogen-bond donors (Lipinski definition) is 0. The summed E-state index contributed by atoms with van der Waals surface area (Å²) in [7, 11) is 0. The SMILES string of the molecule is CSc1nc(SCC(=O)N2CCCCC2)c2sc3nc(-c4ccco4)c4c(c3c2n1)CC(C)(C)OC4. The Labute approximate surface area is 222 Å². The molecular formula is C26H28N4O3S3. The normalized spacial score (nSPS) is 17.6. The van der Waals surface area contributed by atoms with Crippen molar-refractivity contribution in [1.29, 1.82) is 0 Å². The zero-order valence-electron chi connectivity index (χ0n) is 20.6. The van der Waals surface area contributed by atoms with Crippen LogP contribution in [0.3, 0.4) is 0 Å². The Morgan fingerprint density at radius 1 is 1.17 bits per heavy atom. The molecule has 7 nitrogen and oxygen atoms in total. The second kappa shape index (κ2) is 9.63. The van der Waals surface area contributed by atoms with Gasteiger partial charge in [0.25, 0.3) is 0 Å². The summed E-state index contributed by atoms with van der Waals surface area (Å²) in [6.07, 6.45) is 7.82. The van der Waals surface area contributed by atoms with Gasteiger partial charge in [0.1, 0.15) is 15.6 Å². The van der Waals surface area contributed by atoms with Crippen LogP contribution < -0.4 is 0 Å². The number of furan rings is 1. The molecule has 0 atom stereocenters. The number of pyridine rings is 1. The number of ether oxygens (including phenoxy) is 1. The molecule has 0 spiro atoms. The van der Waals surface area contributed by atoms with E-state index in [1.54, 1.807) is 17.6 Å². The number of aromatic nitrogens is 3. The lowest BCUT2D eigenvalue weighted by Gasteiger charge is -2.32. The standard InChI is InChI=1S/C26H28N4O3S3/c1-26(2)12-15-16(13-33-26)20(17-8-7-11-32-17)27-23-19(15)21-22(36-23)24(29-25(28-21)34-3)35-14-18(31)30-9-5-4-6-10-30/h7-8,11H,4-6,9-10,12-14H2,1-3H3. The van der Waals surface area contributed by atoms with Crippen LogP contribution in [0.2, 0.25) is 0 Å². The molecule has 0 radical (unpaired) electrons. The molecule has 0 unspecified atom stereocenters. The Morgan fingerprint density at radius 2 is 2.00 bits per heavy atom. The minimum atomic E-state index is -0.288. The van der Waals surface area contributed by atoms with Gasteiger partial charge in [-0.3, -0.25) is 4.79 Å². The van der Waals surface area contributed by atoms with Gasteiger partial charge < -0.3 is 14.1 Å². The molecule has 36 heavy (non-hydrogen) atoms. The van der Waals surface area contributed by atoms with E-state index in [4.69, 9.17) is 24.1 Å². The van der Waals surface area contributed by atoms with Crippen LogP contribution >= 0.6 is 34.9 Å². The molecule has 0 saturated carbocycles. The van der Waals surface area contributed by atoms with Gasteiger partial charge in [0.2, 0.25) is 5.91 Å². The predicted octanol–water partition coefficient (Wildman–Crippen LogP) is 6.18. The number of likely N-dealkylation sites (tertiary alicyclic amines) is 1. The third kappa shape index (κ3) is 4.42. The smallest absolute Gasteiger partial charge is 0.232 e. The Morgan fingerprint density at radius 3 is 2.75 bits per heavy atom. The summed E-state index contributed by atoms with van der Waals surface area (Å²) in [5.41, 5.74) is 3.76. The number of piperidine rings is 1. The van der Waals surface area contributed by atoms with Gasteiger partial charge in [0.15, 0.2) is 10.9 Å². The lowest BCUT2D eigenvalue weighted by Crippen LogP contribution is -2.36. The molecule has 2 aliphatic heterocycles. The number of hydrogen-bond acceptors (Lipinski definition) is 9. The van der Waals surface area contributed by atoms with Crippen molar-refractivity contribution in [2.45, 2.75) is 61.9 Å². The molecule has 6 rings (SSSR count). The average molecular weight is 541 g/mol. The summed E-state index contributed by atoms with van der Waals surface area (Å²) in [6.45, 7) is 6.45. The summed E-state index contributed by atoms with van der Waals surface area (Å²) in [4.78, 5) is 30.7. The highest BCUT2D eigenvalue weighted by atomic mass is 32.2. The van der Waals surface area contributed by atoms with Crippen LogP contribution in [0.15, 0.2) is 33.0 Å². The van der Waals surface area contributed by atoms with Gasteiger partial charge in [0, 0.05) is 30.5 Å². The predicted molar refractivity (Wildman–Crippen MR) is 146 cm³/mol. The summed E-state index contributed by atoms with van der Waals surface area (Å²) < 4.78 is 12.9.